The Bertz CT molecular complexity index is 982. The summed E-state index contributed by atoms with van der Waals surface area (Å²) in [6.45, 7) is 1.78. The SMILES string of the molecule is C[C@H](c1cccc([N+](=O)[O-])c1)N(C)C(=O)c1ccc(-c2ccc(F)cc2)o1. The quantitative estimate of drug-likeness (QED) is 0.477. The number of carbonyl (C=O) groups excluding carboxylic acids is 1. The van der Waals surface area contributed by atoms with Gasteiger partial charge in [0.25, 0.3) is 11.6 Å². The lowest BCUT2D eigenvalue weighted by Gasteiger charge is -2.24. The van der Waals surface area contributed by atoms with Gasteiger partial charge in [-0.2, -0.15) is 0 Å². The fourth-order valence-corrected chi connectivity index (χ4v) is 2.69. The largest absolute Gasteiger partial charge is 0.451 e. The van der Waals surface area contributed by atoms with Gasteiger partial charge in [-0.25, -0.2) is 4.39 Å². The van der Waals surface area contributed by atoms with Crippen LogP contribution in [-0.4, -0.2) is 22.8 Å². The smallest absolute Gasteiger partial charge is 0.289 e. The van der Waals surface area contributed by atoms with Crippen LogP contribution >= 0.6 is 0 Å². The Kier molecular flexibility index (Phi) is 5.03. The van der Waals surface area contributed by atoms with Gasteiger partial charge < -0.3 is 9.32 Å². The molecule has 1 atom stereocenters. The molecule has 0 bridgehead atoms. The Morgan fingerprint density at radius 1 is 1.15 bits per heavy atom. The van der Waals surface area contributed by atoms with Crippen molar-refractivity contribution in [2.75, 3.05) is 7.05 Å². The Morgan fingerprint density at radius 3 is 2.52 bits per heavy atom. The van der Waals surface area contributed by atoms with Gasteiger partial charge in [0, 0.05) is 24.7 Å². The molecule has 1 heterocycles. The minimum atomic E-state index is -0.473. The first kappa shape index (κ1) is 18.3. The average Bonchev–Trinajstić information content (AvgIpc) is 3.17. The molecule has 0 N–H and O–H groups in total. The average molecular weight is 368 g/mol. The van der Waals surface area contributed by atoms with E-state index in [0.29, 0.717) is 16.9 Å². The lowest BCUT2D eigenvalue weighted by molar-refractivity contribution is -0.384. The summed E-state index contributed by atoms with van der Waals surface area (Å²) in [5.41, 5.74) is 1.27. The van der Waals surface area contributed by atoms with Crippen molar-refractivity contribution in [1.82, 2.24) is 4.90 Å². The zero-order chi connectivity index (χ0) is 19.6. The lowest BCUT2D eigenvalue weighted by Crippen LogP contribution is -2.29. The summed E-state index contributed by atoms with van der Waals surface area (Å²) in [5.74, 6) is -0.127. The molecule has 138 valence electrons. The molecule has 0 saturated carbocycles. The second kappa shape index (κ2) is 7.41. The number of rotatable bonds is 5. The lowest BCUT2D eigenvalue weighted by atomic mass is 10.1. The monoisotopic (exact) mass is 368 g/mol. The molecule has 0 aliphatic rings. The second-order valence-corrected chi connectivity index (χ2v) is 6.11. The molecule has 0 aliphatic carbocycles. The fraction of sp³-hybridized carbons (Fsp3) is 0.150. The van der Waals surface area contributed by atoms with E-state index >= 15 is 0 Å². The molecule has 6 nitrogen and oxygen atoms in total. The first-order valence-electron chi connectivity index (χ1n) is 8.24. The van der Waals surface area contributed by atoms with Crippen molar-refractivity contribution in [2.24, 2.45) is 0 Å². The molecule has 0 spiro atoms. The van der Waals surface area contributed by atoms with E-state index in [4.69, 9.17) is 4.42 Å². The summed E-state index contributed by atoms with van der Waals surface area (Å²) in [6, 6.07) is 14.7. The van der Waals surface area contributed by atoms with E-state index in [1.165, 1.54) is 29.2 Å². The van der Waals surface area contributed by atoms with Crippen molar-refractivity contribution in [3.05, 3.63) is 87.9 Å². The van der Waals surface area contributed by atoms with Crippen LogP contribution in [0.1, 0.15) is 29.1 Å². The minimum Gasteiger partial charge on any atom is -0.451 e. The number of nitro groups is 1. The third-order valence-corrected chi connectivity index (χ3v) is 4.41. The number of nitrogens with zero attached hydrogens (tertiary/aromatic N) is 2. The van der Waals surface area contributed by atoms with Crippen LogP contribution in [0.15, 0.2) is 65.1 Å². The van der Waals surface area contributed by atoms with Crippen molar-refractivity contribution in [3.8, 4) is 11.3 Å². The highest BCUT2D eigenvalue weighted by atomic mass is 19.1. The zero-order valence-electron chi connectivity index (χ0n) is 14.8. The molecule has 1 amide bonds. The van der Waals surface area contributed by atoms with Gasteiger partial charge in [0.1, 0.15) is 11.6 Å². The first-order valence-corrected chi connectivity index (χ1v) is 8.24. The number of halogens is 1. The Hall–Kier alpha value is -3.48. The van der Waals surface area contributed by atoms with Crippen molar-refractivity contribution >= 4 is 11.6 Å². The van der Waals surface area contributed by atoms with Gasteiger partial charge in [-0.1, -0.05) is 12.1 Å². The summed E-state index contributed by atoms with van der Waals surface area (Å²) < 4.78 is 18.7. The van der Waals surface area contributed by atoms with Crippen LogP contribution in [0.3, 0.4) is 0 Å². The van der Waals surface area contributed by atoms with Crippen molar-refractivity contribution in [3.63, 3.8) is 0 Å². The molecule has 0 aliphatic heterocycles. The van der Waals surface area contributed by atoms with E-state index in [1.807, 2.05) is 0 Å². The van der Waals surface area contributed by atoms with Crippen LogP contribution in [0.4, 0.5) is 10.1 Å². The maximum atomic E-state index is 13.0. The molecule has 3 rings (SSSR count). The summed E-state index contributed by atoms with van der Waals surface area (Å²) in [5, 5.41) is 10.9. The minimum absolute atomic E-state index is 0.0307. The van der Waals surface area contributed by atoms with Gasteiger partial charge in [-0.3, -0.25) is 14.9 Å². The van der Waals surface area contributed by atoms with E-state index in [1.54, 1.807) is 50.4 Å². The maximum absolute atomic E-state index is 13.0. The Labute approximate surface area is 155 Å². The fourth-order valence-electron chi connectivity index (χ4n) is 2.69. The molecule has 0 saturated heterocycles. The molecule has 1 aromatic heterocycles. The highest BCUT2D eigenvalue weighted by Crippen LogP contribution is 2.27. The van der Waals surface area contributed by atoms with Crippen molar-refractivity contribution in [2.45, 2.75) is 13.0 Å². The summed E-state index contributed by atoms with van der Waals surface area (Å²) in [6.07, 6.45) is 0. The number of amides is 1. The van der Waals surface area contributed by atoms with Crippen LogP contribution in [0.2, 0.25) is 0 Å². The molecular formula is C20H17FN2O4. The standard InChI is InChI=1S/C20H17FN2O4/c1-13(15-4-3-5-17(12-15)23(25)26)22(2)20(24)19-11-10-18(27-19)14-6-8-16(21)9-7-14/h3-13H,1-2H3/t13-/m1/s1. The summed E-state index contributed by atoms with van der Waals surface area (Å²) >= 11 is 0. The van der Waals surface area contributed by atoms with Gasteiger partial charge in [0.2, 0.25) is 0 Å². The maximum Gasteiger partial charge on any atom is 0.289 e. The third kappa shape index (κ3) is 3.87. The summed E-state index contributed by atoms with van der Waals surface area (Å²) in [4.78, 5) is 24.6. The topological polar surface area (TPSA) is 76.6 Å². The third-order valence-electron chi connectivity index (χ3n) is 4.41. The molecule has 2 aromatic carbocycles. The molecule has 7 heteroatoms. The van der Waals surface area contributed by atoms with Gasteiger partial charge in [0.05, 0.1) is 11.0 Å². The number of hydrogen-bond acceptors (Lipinski definition) is 4. The molecule has 3 aromatic rings. The molecule has 0 unspecified atom stereocenters. The number of benzene rings is 2. The predicted molar refractivity (Wildman–Crippen MR) is 97.7 cm³/mol. The second-order valence-electron chi connectivity index (χ2n) is 6.11. The molecule has 0 radical (unpaired) electrons. The van der Waals surface area contributed by atoms with E-state index < -0.39 is 11.0 Å². The van der Waals surface area contributed by atoms with Crippen LogP contribution < -0.4 is 0 Å². The van der Waals surface area contributed by atoms with Crippen molar-refractivity contribution < 1.29 is 18.5 Å². The number of carbonyl (C=O) groups is 1. The van der Waals surface area contributed by atoms with Crippen LogP contribution in [0.25, 0.3) is 11.3 Å². The van der Waals surface area contributed by atoms with Gasteiger partial charge >= 0.3 is 0 Å². The van der Waals surface area contributed by atoms with Crippen LogP contribution in [0, 0.1) is 15.9 Å². The Balaban J connectivity index is 1.80. The number of furan rings is 1. The molecule has 0 fully saturated rings. The molecule has 27 heavy (non-hydrogen) atoms. The zero-order valence-corrected chi connectivity index (χ0v) is 14.8. The predicted octanol–water partition coefficient (Wildman–Crippen LogP) is 4.83. The highest BCUT2D eigenvalue weighted by molar-refractivity contribution is 5.92. The number of nitro benzene ring substituents is 1. The van der Waals surface area contributed by atoms with Crippen molar-refractivity contribution in [1.29, 1.82) is 0 Å². The Morgan fingerprint density at radius 2 is 1.85 bits per heavy atom. The summed E-state index contributed by atoms with van der Waals surface area (Å²) in [7, 11) is 1.60. The van der Waals surface area contributed by atoms with Gasteiger partial charge in [0.15, 0.2) is 5.76 Å². The normalized spacial score (nSPS) is 11.8. The number of hydrogen-bond donors (Lipinski definition) is 0. The number of non-ortho nitro benzene ring substituents is 1. The first-order chi connectivity index (χ1) is 12.9. The van der Waals surface area contributed by atoms with E-state index in [2.05, 4.69) is 0 Å². The van der Waals surface area contributed by atoms with E-state index in [0.717, 1.165) is 0 Å². The highest BCUT2D eigenvalue weighted by Gasteiger charge is 2.23. The van der Waals surface area contributed by atoms with Crippen LogP contribution in [0.5, 0.6) is 0 Å². The van der Waals surface area contributed by atoms with Gasteiger partial charge in [-0.15, -0.1) is 0 Å². The molecular weight excluding hydrogens is 351 g/mol. The van der Waals surface area contributed by atoms with E-state index in [-0.39, 0.29) is 23.2 Å². The van der Waals surface area contributed by atoms with E-state index in [9.17, 15) is 19.3 Å². The van der Waals surface area contributed by atoms with Gasteiger partial charge in [-0.05, 0) is 48.9 Å². The van der Waals surface area contributed by atoms with Crippen LogP contribution in [-0.2, 0) is 0 Å².